The van der Waals surface area contributed by atoms with E-state index in [-0.39, 0.29) is 5.82 Å². The third-order valence-corrected chi connectivity index (χ3v) is 1.79. The molecule has 2 aromatic rings. The van der Waals surface area contributed by atoms with E-state index in [1.165, 1.54) is 10.8 Å². The van der Waals surface area contributed by atoms with Gasteiger partial charge >= 0.3 is 5.97 Å². The van der Waals surface area contributed by atoms with Gasteiger partial charge in [-0.05, 0) is 12.1 Å². The molecule has 0 unspecified atom stereocenters. The molecule has 0 spiro atoms. The van der Waals surface area contributed by atoms with Gasteiger partial charge in [0.1, 0.15) is 0 Å². The van der Waals surface area contributed by atoms with Crippen molar-refractivity contribution in [1.29, 1.82) is 0 Å². The smallest absolute Gasteiger partial charge is 0.372 e. The number of aromatic carboxylic acids is 1. The number of para-hydroxylation sites is 1. The summed E-state index contributed by atoms with van der Waals surface area (Å²) in [5.41, 5.74) is 0.738. The Bertz CT molecular complexity index is 448. The van der Waals surface area contributed by atoms with Crippen molar-refractivity contribution in [1.82, 2.24) is 9.55 Å². The van der Waals surface area contributed by atoms with Gasteiger partial charge in [-0.2, -0.15) is 0 Å². The number of carboxylic acids is 1. The van der Waals surface area contributed by atoms with Gasteiger partial charge in [0.15, 0.2) is 0 Å². The Balaban J connectivity index is 2.52. The molecular formula is C10H7N2O2. The summed E-state index contributed by atoms with van der Waals surface area (Å²) < 4.78 is 1.41. The monoisotopic (exact) mass is 187 g/mol. The molecule has 0 amide bonds. The van der Waals surface area contributed by atoms with Gasteiger partial charge in [-0.1, -0.05) is 18.2 Å². The predicted molar refractivity (Wildman–Crippen MR) is 49.4 cm³/mol. The molecule has 0 fully saturated rings. The van der Waals surface area contributed by atoms with Gasteiger partial charge in [-0.3, -0.25) is 4.57 Å². The number of carbonyl (C=O) groups is 1. The lowest BCUT2D eigenvalue weighted by Gasteiger charge is -2.02. The number of imidazole rings is 1. The lowest BCUT2D eigenvalue weighted by Crippen LogP contribution is -2.07. The number of benzene rings is 1. The van der Waals surface area contributed by atoms with E-state index in [1.54, 1.807) is 12.1 Å². The Hall–Kier alpha value is -2.10. The lowest BCUT2D eigenvalue weighted by atomic mass is 10.3. The van der Waals surface area contributed by atoms with E-state index < -0.39 is 5.97 Å². The summed E-state index contributed by atoms with van der Waals surface area (Å²) in [6, 6.07) is 9.11. The number of nitrogens with zero attached hydrogens (tertiary/aromatic N) is 2. The zero-order chi connectivity index (χ0) is 9.97. The molecule has 1 aromatic carbocycles. The van der Waals surface area contributed by atoms with Gasteiger partial charge < -0.3 is 5.11 Å². The fourth-order valence-electron chi connectivity index (χ4n) is 1.19. The summed E-state index contributed by atoms with van der Waals surface area (Å²) in [5, 5.41) is 8.81. The van der Waals surface area contributed by atoms with E-state index in [9.17, 15) is 4.79 Å². The van der Waals surface area contributed by atoms with Crippen LogP contribution in [0, 0.1) is 6.20 Å². The number of hydrogen-bond acceptors (Lipinski definition) is 2. The SMILES string of the molecule is O=C(O)c1nc[c]n1-c1ccccc1. The molecule has 0 saturated heterocycles. The van der Waals surface area contributed by atoms with E-state index in [4.69, 9.17) is 5.11 Å². The molecule has 1 radical (unpaired) electrons. The molecule has 1 aromatic heterocycles. The molecule has 69 valence electrons. The van der Waals surface area contributed by atoms with E-state index in [0.29, 0.717) is 0 Å². The number of aromatic nitrogens is 2. The fraction of sp³-hybridized carbons (Fsp3) is 0. The van der Waals surface area contributed by atoms with Gasteiger partial charge in [-0.15, -0.1) is 0 Å². The van der Waals surface area contributed by atoms with Crippen molar-refractivity contribution >= 4 is 5.97 Å². The Morgan fingerprint density at radius 1 is 1.36 bits per heavy atom. The normalized spacial score (nSPS) is 10.0. The fourth-order valence-corrected chi connectivity index (χ4v) is 1.19. The van der Waals surface area contributed by atoms with Crippen LogP contribution >= 0.6 is 0 Å². The Morgan fingerprint density at radius 2 is 2.07 bits per heavy atom. The Labute approximate surface area is 80.4 Å². The maximum atomic E-state index is 10.8. The molecule has 0 atom stereocenters. The third kappa shape index (κ3) is 1.37. The molecule has 4 heteroatoms. The highest BCUT2D eigenvalue weighted by Crippen LogP contribution is 2.08. The molecular weight excluding hydrogens is 180 g/mol. The van der Waals surface area contributed by atoms with E-state index in [1.807, 2.05) is 18.2 Å². The third-order valence-electron chi connectivity index (χ3n) is 1.79. The Kier molecular flexibility index (Phi) is 2.02. The Morgan fingerprint density at radius 3 is 2.71 bits per heavy atom. The summed E-state index contributed by atoms with van der Waals surface area (Å²) in [6.07, 6.45) is 4.07. The first-order valence-electron chi connectivity index (χ1n) is 4.03. The van der Waals surface area contributed by atoms with Crippen LogP contribution in [0.4, 0.5) is 0 Å². The van der Waals surface area contributed by atoms with Gasteiger partial charge in [0.2, 0.25) is 5.82 Å². The van der Waals surface area contributed by atoms with Crippen LogP contribution in [-0.4, -0.2) is 20.6 Å². The largest absolute Gasteiger partial charge is 0.475 e. The van der Waals surface area contributed by atoms with E-state index in [0.717, 1.165) is 5.69 Å². The van der Waals surface area contributed by atoms with Gasteiger partial charge in [0.05, 0.1) is 12.4 Å². The molecule has 0 aliphatic heterocycles. The molecule has 0 bridgehead atoms. The first kappa shape index (κ1) is 8.50. The molecule has 2 rings (SSSR count). The summed E-state index contributed by atoms with van der Waals surface area (Å²) in [4.78, 5) is 14.5. The first-order chi connectivity index (χ1) is 6.79. The van der Waals surface area contributed by atoms with Crippen molar-refractivity contribution in [2.75, 3.05) is 0 Å². The average molecular weight is 187 g/mol. The minimum absolute atomic E-state index is 0.0313. The standard InChI is InChI=1S/C10H7N2O2/c13-10(14)9-11-6-7-12(9)8-4-2-1-3-5-8/h1-6H,(H,13,14). The van der Waals surface area contributed by atoms with E-state index >= 15 is 0 Å². The van der Waals surface area contributed by atoms with Crippen LogP contribution in [0.1, 0.15) is 10.6 Å². The molecule has 0 saturated carbocycles. The van der Waals surface area contributed by atoms with Crippen molar-refractivity contribution in [3.8, 4) is 5.69 Å². The van der Waals surface area contributed by atoms with Crippen molar-refractivity contribution in [2.24, 2.45) is 0 Å². The highest BCUT2D eigenvalue weighted by molar-refractivity contribution is 5.84. The maximum absolute atomic E-state index is 10.8. The highest BCUT2D eigenvalue weighted by Gasteiger charge is 2.11. The molecule has 0 aliphatic carbocycles. The van der Waals surface area contributed by atoms with Crippen molar-refractivity contribution < 1.29 is 9.90 Å². The molecule has 1 heterocycles. The molecule has 14 heavy (non-hydrogen) atoms. The topological polar surface area (TPSA) is 55.1 Å². The second kappa shape index (κ2) is 3.33. The van der Waals surface area contributed by atoms with Gasteiger partial charge in [0, 0.05) is 5.69 Å². The van der Waals surface area contributed by atoms with Crippen LogP contribution in [-0.2, 0) is 0 Å². The lowest BCUT2D eigenvalue weighted by molar-refractivity contribution is 0.0681. The average Bonchev–Trinajstić information content (AvgIpc) is 2.67. The van der Waals surface area contributed by atoms with Crippen LogP contribution in [0.15, 0.2) is 36.5 Å². The molecule has 4 nitrogen and oxygen atoms in total. The van der Waals surface area contributed by atoms with Crippen molar-refractivity contribution in [2.45, 2.75) is 0 Å². The van der Waals surface area contributed by atoms with Crippen LogP contribution < -0.4 is 0 Å². The zero-order valence-electron chi connectivity index (χ0n) is 7.21. The van der Waals surface area contributed by atoms with Gasteiger partial charge in [0.25, 0.3) is 0 Å². The van der Waals surface area contributed by atoms with Crippen LogP contribution in [0.3, 0.4) is 0 Å². The number of hydrogen-bond donors (Lipinski definition) is 1. The molecule has 0 aliphatic rings. The molecule has 1 N–H and O–H groups in total. The number of carboxylic acid groups (broad SMARTS) is 1. The summed E-state index contributed by atoms with van der Waals surface area (Å²) in [6.45, 7) is 0. The number of rotatable bonds is 2. The minimum atomic E-state index is -1.06. The first-order valence-corrected chi connectivity index (χ1v) is 4.03. The van der Waals surface area contributed by atoms with Crippen LogP contribution in [0.5, 0.6) is 0 Å². The van der Waals surface area contributed by atoms with E-state index in [2.05, 4.69) is 11.2 Å². The van der Waals surface area contributed by atoms with Gasteiger partial charge in [-0.25, -0.2) is 9.78 Å². The predicted octanol–water partition coefficient (Wildman–Crippen LogP) is 1.37. The maximum Gasteiger partial charge on any atom is 0.372 e. The second-order valence-corrected chi connectivity index (χ2v) is 2.69. The minimum Gasteiger partial charge on any atom is -0.475 e. The van der Waals surface area contributed by atoms with Crippen molar-refractivity contribution in [3.05, 3.63) is 48.5 Å². The zero-order valence-corrected chi connectivity index (χ0v) is 7.21. The summed E-state index contributed by atoms with van der Waals surface area (Å²) in [7, 11) is 0. The van der Waals surface area contributed by atoms with Crippen LogP contribution in [0.2, 0.25) is 0 Å². The quantitative estimate of drug-likeness (QED) is 0.772. The summed E-state index contributed by atoms with van der Waals surface area (Å²) >= 11 is 0. The highest BCUT2D eigenvalue weighted by atomic mass is 16.4. The van der Waals surface area contributed by atoms with Crippen LogP contribution in [0.25, 0.3) is 5.69 Å². The van der Waals surface area contributed by atoms with Crippen molar-refractivity contribution in [3.63, 3.8) is 0 Å². The second-order valence-electron chi connectivity index (χ2n) is 2.69. The summed E-state index contributed by atoms with van der Waals surface area (Å²) in [5.74, 6) is -1.09.